The molecule has 0 heterocycles. The molecule has 2 atom stereocenters. The van der Waals surface area contributed by atoms with Crippen molar-refractivity contribution in [3.63, 3.8) is 0 Å². The van der Waals surface area contributed by atoms with E-state index in [1.165, 1.54) is 19.3 Å². The van der Waals surface area contributed by atoms with Gasteiger partial charge in [0.05, 0.1) is 0 Å². The predicted octanol–water partition coefficient (Wildman–Crippen LogP) is 1.80. The van der Waals surface area contributed by atoms with Crippen LogP contribution < -0.4 is 5.32 Å². The Balaban J connectivity index is 1.98. The van der Waals surface area contributed by atoms with E-state index in [0.29, 0.717) is 0 Å². The Morgan fingerprint density at radius 3 is 2.83 bits per heavy atom. The number of ether oxygens (including phenoxy) is 1. The minimum atomic E-state index is 0.779. The van der Waals surface area contributed by atoms with Crippen LogP contribution in [0, 0.1) is 5.92 Å². The maximum absolute atomic E-state index is 4.99. The van der Waals surface area contributed by atoms with E-state index >= 15 is 0 Å². The van der Waals surface area contributed by atoms with Crippen molar-refractivity contribution >= 4 is 0 Å². The molecule has 0 spiro atoms. The molecule has 0 unspecified atom stereocenters. The molecule has 1 N–H and O–H groups in total. The Bertz CT molecular complexity index is 116. The molecule has 0 amide bonds. The van der Waals surface area contributed by atoms with Gasteiger partial charge in [0.25, 0.3) is 0 Å². The topological polar surface area (TPSA) is 21.3 Å². The molecular weight excluding hydrogens is 150 g/mol. The first-order valence-electron chi connectivity index (χ1n) is 5.07. The van der Waals surface area contributed by atoms with Crippen molar-refractivity contribution in [2.45, 2.75) is 38.6 Å². The summed E-state index contributed by atoms with van der Waals surface area (Å²) in [7, 11) is 1.76. The van der Waals surface area contributed by atoms with Gasteiger partial charge in [-0.2, -0.15) is 0 Å². The van der Waals surface area contributed by atoms with Crippen LogP contribution in [-0.4, -0.2) is 26.3 Å². The van der Waals surface area contributed by atoms with Gasteiger partial charge in [0.2, 0.25) is 0 Å². The van der Waals surface area contributed by atoms with E-state index in [1.54, 1.807) is 7.11 Å². The van der Waals surface area contributed by atoms with Crippen molar-refractivity contribution in [1.29, 1.82) is 0 Å². The van der Waals surface area contributed by atoms with Gasteiger partial charge >= 0.3 is 0 Å². The van der Waals surface area contributed by atoms with Crippen molar-refractivity contribution in [2.24, 2.45) is 5.92 Å². The standard InChI is InChI=1S/C10H21NO/c1-9-5-3-6-10(9)11-7-4-8-12-2/h9-11H,3-8H2,1-2H3/t9-,10-/m0/s1. The van der Waals surface area contributed by atoms with E-state index in [-0.39, 0.29) is 0 Å². The van der Waals surface area contributed by atoms with Crippen LogP contribution in [0.1, 0.15) is 32.6 Å². The summed E-state index contributed by atoms with van der Waals surface area (Å²) >= 11 is 0. The third-order valence-electron chi connectivity index (χ3n) is 2.79. The molecular formula is C10H21NO. The lowest BCUT2D eigenvalue weighted by molar-refractivity contribution is 0.192. The molecule has 0 radical (unpaired) electrons. The molecule has 0 bridgehead atoms. The second kappa shape index (κ2) is 5.55. The average Bonchev–Trinajstić information content (AvgIpc) is 2.46. The molecule has 0 aromatic heterocycles. The summed E-state index contributed by atoms with van der Waals surface area (Å²) in [6.07, 6.45) is 5.32. The van der Waals surface area contributed by atoms with E-state index in [9.17, 15) is 0 Å². The van der Waals surface area contributed by atoms with Gasteiger partial charge in [0.15, 0.2) is 0 Å². The maximum Gasteiger partial charge on any atom is 0.0474 e. The summed E-state index contributed by atoms with van der Waals surface area (Å²) in [4.78, 5) is 0. The summed E-state index contributed by atoms with van der Waals surface area (Å²) in [5.41, 5.74) is 0. The Morgan fingerprint density at radius 2 is 2.25 bits per heavy atom. The number of hydrogen-bond acceptors (Lipinski definition) is 2. The van der Waals surface area contributed by atoms with Gasteiger partial charge in [-0.15, -0.1) is 0 Å². The fraction of sp³-hybridized carbons (Fsp3) is 1.00. The van der Waals surface area contributed by atoms with Crippen LogP contribution in [0.4, 0.5) is 0 Å². The second-order valence-corrected chi connectivity index (χ2v) is 3.82. The molecule has 0 aromatic carbocycles. The van der Waals surface area contributed by atoms with E-state index in [1.807, 2.05) is 0 Å². The monoisotopic (exact) mass is 171 g/mol. The number of nitrogens with one attached hydrogen (secondary N) is 1. The Labute approximate surface area is 75.7 Å². The molecule has 1 aliphatic carbocycles. The first-order chi connectivity index (χ1) is 5.84. The van der Waals surface area contributed by atoms with Crippen molar-refractivity contribution in [1.82, 2.24) is 5.32 Å². The second-order valence-electron chi connectivity index (χ2n) is 3.82. The summed E-state index contributed by atoms with van der Waals surface area (Å²) in [5, 5.41) is 3.59. The third kappa shape index (κ3) is 3.11. The highest BCUT2D eigenvalue weighted by atomic mass is 16.5. The van der Waals surface area contributed by atoms with E-state index in [4.69, 9.17) is 4.74 Å². The highest BCUT2D eigenvalue weighted by molar-refractivity contribution is 4.79. The zero-order valence-electron chi connectivity index (χ0n) is 8.31. The number of methoxy groups -OCH3 is 1. The minimum absolute atomic E-state index is 0.779. The first-order valence-corrected chi connectivity index (χ1v) is 5.07. The molecule has 12 heavy (non-hydrogen) atoms. The van der Waals surface area contributed by atoms with Crippen LogP contribution in [0.25, 0.3) is 0 Å². The summed E-state index contributed by atoms with van der Waals surface area (Å²) in [5.74, 6) is 0.882. The summed E-state index contributed by atoms with van der Waals surface area (Å²) < 4.78 is 4.99. The molecule has 1 fully saturated rings. The molecule has 1 aliphatic rings. The van der Waals surface area contributed by atoms with Gasteiger partial charge in [-0.3, -0.25) is 0 Å². The number of hydrogen-bond donors (Lipinski definition) is 1. The largest absolute Gasteiger partial charge is 0.385 e. The smallest absolute Gasteiger partial charge is 0.0474 e. The van der Waals surface area contributed by atoms with E-state index in [2.05, 4.69) is 12.2 Å². The predicted molar refractivity (Wildman–Crippen MR) is 51.3 cm³/mol. The quantitative estimate of drug-likeness (QED) is 0.637. The number of rotatable bonds is 5. The fourth-order valence-electron chi connectivity index (χ4n) is 1.95. The lowest BCUT2D eigenvalue weighted by atomic mass is 10.1. The lowest BCUT2D eigenvalue weighted by Crippen LogP contribution is -2.32. The maximum atomic E-state index is 4.99. The molecule has 1 saturated carbocycles. The van der Waals surface area contributed by atoms with Crippen molar-refractivity contribution in [3.8, 4) is 0 Å². The highest BCUT2D eigenvalue weighted by Gasteiger charge is 2.21. The SMILES string of the molecule is COCCCN[C@H]1CCC[C@@H]1C. The zero-order valence-corrected chi connectivity index (χ0v) is 8.31. The van der Waals surface area contributed by atoms with Crippen LogP contribution in [0.2, 0.25) is 0 Å². The van der Waals surface area contributed by atoms with E-state index in [0.717, 1.165) is 31.5 Å². The van der Waals surface area contributed by atoms with Gasteiger partial charge in [-0.05, 0) is 31.7 Å². The molecule has 2 nitrogen and oxygen atoms in total. The fourth-order valence-corrected chi connectivity index (χ4v) is 1.95. The Kier molecular flexibility index (Phi) is 4.62. The Morgan fingerprint density at radius 1 is 1.42 bits per heavy atom. The van der Waals surface area contributed by atoms with Gasteiger partial charge in [-0.25, -0.2) is 0 Å². The first kappa shape index (κ1) is 10.0. The zero-order chi connectivity index (χ0) is 8.81. The lowest BCUT2D eigenvalue weighted by Gasteiger charge is -2.16. The highest BCUT2D eigenvalue weighted by Crippen LogP contribution is 2.24. The van der Waals surface area contributed by atoms with Gasteiger partial charge in [-0.1, -0.05) is 13.3 Å². The van der Waals surface area contributed by atoms with Gasteiger partial charge in [0.1, 0.15) is 0 Å². The molecule has 0 aromatic rings. The van der Waals surface area contributed by atoms with Crippen LogP contribution >= 0.6 is 0 Å². The van der Waals surface area contributed by atoms with Crippen LogP contribution in [0.3, 0.4) is 0 Å². The van der Waals surface area contributed by atoms with Gasteiger partial charge in [0, 0.05) is 19.8 Å². The van der Waals surface area contributed by atoms with Gasteiger partial charge < -0.3 is 10.1 Å². The average molecular weight is 171 g/mol. The molecule has 1 rings (SSSR count). The Hall–Kier alpha value is -0.0800. The van der Waals surface area contributed by atoms with Crippen LogP contribution in [0.5, 0.6) is 0 Å². The molecule has 0 aliphatic heterocycles. The summed E-state index contributed by atoms with van der Waals surface area (Å²) in [6, 6.07) is 0.779. The van der Waals surface area contributed by atoms with Crippen LogP contribution in [0.15, 0.2) is 0 Å². The molecule has 0 saturated heterocycles. The van der Waals surface area contributed by atoms with Crippen LogP contribution in [-0.2, 0) is 4.74 Å². The third-order valence-corrected chi connectivity index (χ3v) is 2.79. The minimum Gasteiger partial charge on any atom is -0.385 e. The van der Waals surface area contributed by atoms with Crippen molar-refractivity contribution in [3.05, 3.63) is 0 Å². The van der Waals surface area contributed by atoms with Crippen molar-refractivity contribution in [2.75, 3.05) is 20.3 Å². The summed E-state index contributed by atoms with van der Waals surface area (Å²) in [6.45, 7) is 4.35. The molecule has 72 valence electrons. The normalized spacial score (nSPS) is 29.5. The van der Waals surface area contributed by atoms with E-state index < -0.39 is 0 Å². The van der Waals surface area contributed by atoms with Crippen molar-refractivity contribution < 1.29 is 4.74 Å². The molecule has 2 heteroatoms.